The van der Waals surface area contributed by atoms with Crippen molar-refractivity contribution in [1.82, 2.24) is 0 Å². The number of ether oxygens (including phenoxy) is 3. The molecule has 0 aliphatic carbocycles. The van der Waals surface area contributed by atoms with Crippen LogP contribution in [0.4, 0.5) is 0 Å². The summed E-state index contributed by atoms with van der Waals surface area (Å²) in [5, 5.41) is 0.807. The first kappa shape index (κ1) is 27.6. The summed E-state index contributed by atoms with van der Waals surface area (Å²) in [5.41, 5.74) is 2.96. The normalized spacial score (nSPS) is 13.7. The van der Waals surface area contributed by atoms with Gasteiger partial charge in [0, 0.05) is 44.2 Å². The maximum absolute atomic E-state index is 11.7. The van der Waals surface area contributed by atoms with E-state index < -0.39 is 11.7 Å². The zero-order chi connectivity index (χ0) is 26.0. The predicted molar refractivity (Wildman–Crippen MR) is 135 cm³/mol. The number of rotatable bonds is 11. The Labute approximate surface area is 206 Å². The van der Waals surface area contributed by atoms with E-state index in [1.807, 2.05) is 52.0 Å². The third-order valence-electron chi connectivity index (χ3n) is 5.11. The van der Waals surface area contributed by atoms with Crippen LogP contribution in [0.5, 0.6) is 5.75 Å². The molecule has 7 nitrogen and oxygen atoms in total. The number of benzene rings is 1. The van der Waals surface area contributed by atoms with E-state index in [0.29, 0.717) is 24.2 Å². The molecule has 1 aromatic carbocycles. The van der Waals surface area contributed by atoms with Gasteiger partial charge in [0.15, 0.2) is 0 Å². The average molecular weight is 483 g/mol. The molecule has 0 fully saturated rings. The van der Waals surface area contributed by atoms with E-state index in [1.54, 1.807) is 18.2 Å². The molecule has 35 heavy (non-hydrogen) atoms. The minimum atomic E-state index is -0.448. The fraction of sp³-hybridized carbons (Fsp3) is 0.393. The van der Waals surface area contributed by atoms with Gasteiger partial charge in [-0.2, -0.15) is 0 Å². The lowest BCUT2D eigenvalue weighted by Crippen LogP contribution is -2.18. The summed E-state index contributed by atoms with van der Waals surface area (Å²) in [6.07, 6.45) is 6.02. The fourth-order valence-electron chi connectivity index (χ4n) is 3.49. The van der Waals surface area contributed by atoms with E-state index in [1.165, 1.54) is 19.9 Å². The first-order valence-corrected chi connectivity index (χ1v) is 11.5. The third-order valence-corrected chi connectivity index (χ3v) is 5.11. The molecule has 2 rings (SSSR count). The van der Waals surface area contributed by atoms with Crippen LogP contribution in [0.15, 0.2) is 74.5 Å². The Morgan fingerprint density at radius 1 is 0.943 bits per heavy atom. The molecule has 0 saturated carbocycles. The van der Waals surface area contributed by atoms with E-state index in [9.17, 15) is 14.4 Å². The maximum atomic E-state index is 11.7. The van der Waals surface area contributed by atoms with E-state index >= 15 is 0 Å². The van der Waals surface area contributed by atoms with Crippen LogP contribution in [-0.4, -0.2) is 30.8 Å². The highest BCUT2D eigenvalue weighted by molar-refractivity contribution is 5.77. The Hall–Kier alpha value is -3.61. The highest BCUT2D eigenvalue weighted by atomic mass is 16.5. The fourth-order valence-corrected chi connectivity index (χ4v) is 3.49. The van der Waals surface area contributed by atoms with Crippen LogP contribution in [0, 0.1) is 0 Å². The SMILES string of the molecule is CC(=O)OC(C=C(C)C)C/C(C)=C/CC(OC(C)=O)/C(C)=C/COc1ccc2ccc(=O)oc2c1. The first-order chi connectivity index (χ1) is 16.5. The number of esters is 2. The molecule has 2 unspecified atom stereocenters. The van der Waals surface area contributed by atoms with Crippen LogP contribution in [0.1, 0.15) is 54.4 Å². The topological polar surface area (TPSA) is 92.0 Å². The van der Waals surface area contributed by atoms with Crippen molar-refractivity contribution in [3.63, 3.8) is 0 Å². The van der Waals surface area contributed by atoms with Crippen LogP contribution in [0.25, 0.3) is 11.0 Å². The number of allylic oxidation sites excluding steroid dienone is 1. The minimum absolute atomic E-state index is 0.254. The van der Waals surface area contributed by atoms with E-state index in [4.69, 9.17) is 18.6 Å². The lowest BCUT2D eigenvalue weighted by molar-refractivity contribution is -0.145. The number of hydrogen-bond donors (Lipinski definition) is 0. The smallest absolute Gasteiger partial charge is 0.336 e. The number of fused-ring (bicyclic) bond motifs is 1. The van der Waals surface area contributed by atoms with Gasteiger partial charge in [-0.05, 0) is 63.6 Å². The molecule has 2 aromatic rings. The van der Waals surface area contributed by atoms with Crippen molar-refractivity contribution in [2.24, 2.45) is 0 Å². The molecule has 7 heteroatoms. The highest BCUT2D eigenvalue weighted by Gasteiger charge is 2.15. The van der Waals surface area contributed by atoms with Crippen LogP contribution in [0.2, 0.25) is 0 Å². The summed E-state index contributed by atoms with van der Waals surface area (Å²) in [6, 6.07) is 8.35. The Morgan fingerprint density at radius 2 is 1.63 bits per heavy atom. The van der Waals surface area contributed by atoms with Gasteiger partial charge in [0.25, 0.3) is 0 Å². The van der Waals surface area contributed by atoms with Crippen molar-refractivity contribution >= 4 is 22.9 Å². The molecule has 0 amide bonds. The van der Waals surface area contributed by atoms with Crippen molar-refractivity contribution in [3.05, 3.63) is 75.7 Å². The molecule has 0 N–H and O–H groups in total. The van der Waals surface area contributed by atoms with Crippen LogP contribution in [-0.2, 0) is 19.1 Å². The Morgan fingerprint density at radius 3 is 2.29 bits per heavy atom. The van der Waals surface area contributed by atoms with Gasteiger partial charge in [0.1, 0.15) is 30.1 Å². The van der Waals surface area contributed by atoms with Gasteiger partial charge >= 0.3 is 17.6 Å². The molecular formula is C28H34O7. The molecule has 0 aliphatic heterocycles. The predicted octanol–water partition coefficient (Wildman–Crippen LogP) is 5.67. The molecule has 0 bridgehead atoms. The summed E-state index contributed by atoms with van der Waals surface area (Å²) in [6.45, 7) is 10.8. The molecule has 0 radical (unpaired) electrons. The maximum Gasteiger partial charge on any atom is 0.336 e. The Balaban J connectivity index is 2.05. The van der Waals surface area contributed by atoms with E-state index in [-0.39, 0.29) is 24.6 Å². The van der Waals surface area contributed by atoms with Gasteiger partial charge in [0.05, 0.1) is 0 Å². The summed E-state index contributed by atoms with van der Waals surface area (Å²) < 4.78 is 21.9. The standard InChI is InChI=1S/C28H34O7/c1-18(2)15-25(33-21(5)29)16-19(3)7-11-26(34-22(6)30)20(4)13-14-32-24-10-8-23-9-12-28(31)35-27(23)17-24/h7-10,12-13,15,17,25-26H,11,14,16H2,1-6H3/b19-7+,20-13+. The molecule has 0 spiro atoms. The lowest BCUT2D eigenvalue weighted by atomic mass is 10.0. The lowest BCUT2D eigenvalue weighted by Gasteiger charge is -2.18. The Kier molecular flexibility index (Phi) is 10.5. The Bertz CT molecular complexity index is 1180. The highest BCUT2D eigenvalue weighted by Crippen LogP contribution is 2.20. The molecule has 188 valence electrons. The second kappa shape index (κ2) is 13.3. The largest absolute Gasteiger partial charge is 0.489 e. The monoisotopic (exact) mass is 482 g/mol. The van der Waals surface area contributed by atoms with Gasteiger partial charge in [-0.1, -0.05) is 17.2 Å². The van der Waals surface area contributed by atoms with Crippen molar-refractivity contribution in [3.8, 4) is 5.75 Å². The number of carbonyl (C=O) groups excluding carboxylic acids is 2. The van der Waals surface area contributed by atoms with Crippen LogP contribution in [0.3, 0.4) is 0 Å². The zero-order valence-electron chi connectivity index (χ0n) is 21.3. The third kappa shape index (κ3) is 10.0. The minimum Gasteiger partial charge on any atom is -0.489 e. The average Bonchev–Trinajstić information content (AvgIpc) is 2.75. The van der Waals surface area contributed by atoms with Gasteiger partial charge in [-0.25, -0.2) is 4.79 Å². The van der Waals surface area contributed by atoms with E-state index in [0.717, 1.165) is 22.1 Å². The summed E-state index contributed by atoms with van der Waals surface area (Å²) in [7, 11) is 0. The number of carbonyl (C=O) groups is 2. The van der Waals surface area contributed by atoms with Crippen molar-refractivity contribution < 1.29 is 28.2 Å². The van der Waals surface area contributed by atoms with Crippen LogP contribution < -0.4 is 10.4 Å². The van der Waals surface area contributed by atoms with Gasteiger partial charge in [0.2, 0.25) is 0 Å². The quantitative estimate of drug-likeness (QED) is 0.231. The van der Waals surface area contributed by atoms with Crippen molar-refractivity contribution in [2.45, 2.75) is 66.6 Å². The molecule has 1 heterocycles. The van der Waals surface area contributed by atoms with Crippen LogP contribution >= 0.6 is 0 Å². The number of hydrogen-bond acceptors (Lipinski definition) is 7. The molecular weight excluding hydrogens is 448 g/mol. The van der Waals surface area contributed by atoms with Gasteiger partial charge in [-0.3, -0.25) is 9.59 Å². The second-order valence-corrected chi connectivity index (χ2v) is 8.69. The van der Waals surface area contributed by atoms with Gasteiger partial charge in [-0.15, -0.1) is 0 Å². The zero-order valence-corrected chi connectivity index (χ0v) is 21.3. The van der Waals surface area contributed by atoms with E-state index in [2.05, 4.69) is 0 Å². The molecule has 0 aliphatic rings. The summed E-state index contributed by atoms with van der Waals surface area (Å²) in [4.78, 5) is 34.5. The summed E-state index contributed by atoms with van der Waals surface area (Å²) >= 11 is 0. The summed E-state index contributed by atoms with van der Waals surface area (Å²) in [5.74, 6) is -0.140. The van der Waals surface area contributed by atoms with Gasteiger partial charge < -0.3 is 18.6 Å². The van der Waals surface area contributed by atoms with Crippen molar-refractivity contribution in [1.29, 1.82) is 0 Å². The van der Waals surface area contributed by atoms with Crippen molar-refractivity contribution in [2.75, 3.05) is 6.61 Å². The molecule has 0 saturated heterocycles. The second-order valence-electron chi connectivity index (χ2n) is 8.69. The molecule has 2 atom stereocenters. The first-order valence-electron chi connectivity index (χ1n) is 11.5. The molecule has 1 aromatic heterocycles.